The normalized spacial score (nSPS) is 11.4. The Morgan fingerprint density at radius 1 is 1.12 bits per heavy atom. The number of aliphatic hydroxyl groups is 1. The van der Waals surface area contributed by atoms with Crippen LogP contribution in [0.2, 0.25) is 0 Å². The van der Waals surface area contributed by atoms with E-state index in [0.29, 0.717) is 0 Å². The monoisotopic (exact) mass is 232 g/mol. The summed E-state index contributed by atoms with van der Waals surface area (Å²) in [5.41, 5.74) is -1.61. The van der Waals surface area contributed by atoms with Gasteiger partial charge in [-0.15, -0.1) is 0 Å². The molecule has 0 radical (unpaired) electrons. The molecule has 16 heavy (non-hydrogen) atoms. The molecule has 5 heteroatoms. The molecule has 5 nitrogen and oxygen atoms in total. The average Bonchev–Trinajstić information content (AvgIpc) is 2.19. The molecule has 0 amide bonds. The van der Waals surface area contributed by atoms with E-state index >= 15 is 0 Å². The van der Waals surface area contributed by atoms with Crippen LogP contribution < -0.4 is 0 Å². The van der Waals surface area contributed by atoms with Gasteiger partial charge in [0.2, 0.25) is 0 Å². The van der Waals surface area contributed by atoms with E-state index in [-0.39, 0.29) is 13.2 Å². The van der Waals surface area contributed by atoms with Crippen molar-refractivity contribution in [3.05, 3.63) is 0 Å². The summed E-state index contributed by atoms with van der Waals surface area (Å²) in [5, 5.41) is 9.34. The molecule has 94 valence electrons. The molecule has 0 aliphatic rings. The maximum atomic E-state index is 11.8. The van der Waals surface area contributed by atoms with Crippen molar-refractivity contribution < 1.29 is 24.2 Å². The number of esters is 2. The lowest BCUT2D eigenvalue weighted by Crippen LogP contribution is -2.49. The molecular formula is C11H20O5. The molecule has 0 atom stereocenters. The molecule has 0 aromatic heterocycles. The smallest absolute Gasteiger partial charge is 0.326 e. The summed E-state index contributed by atoms with van der Waals surface area (Å²) >= 11 is 0. The largest absolute Gasteiger partial charge is 0.465 e. The third-order valence-electron chi connectivity index (χ3n) is 2.51. The maximum Gasteiger partial charge on any atom is 0.326 e. The van der Waals surface area contributed by atoms with Crippen LogP contribution in [-0.2, 0) is 19.1 Å². The van der Waals surface area contributed by atoms with Gasteiger partial charge in [0.1, 0.15) is 0 Å². The van der Waals surface area contributed by atoms with Crippen LogP contribution in [0.4, 0.5) is 0 Å². The molecular weight excluding hydrogens is 212 g/mol. The van der Waals surface area contributed by atoms with Crippen molar-refractivity contribution >= 4 is 11.9 Å². The van der Waals surface area contributed by atoms with Crippen molar-refractivity contribution in [2.75, 3.05) is 19.8 Å². The van der Waals surface area contributed by atoms with Gasteiger partial charge in [0.05, 0.1) is 19.8 Å². The van der Waals surface area contributed by atoms with Gasteiger partial charge in [0, 0.05) is 0 Å². The predicted molar refractivity (Wildman–Crippen MR) is 57.6 cm³/mol. The Morgan fingerprint density at radius 2 is 1.50 bits per heavy atom. The molecule has 0 aliphatic carbocycles. The number of ether oxygens (including phenoxy) is 2. The van der Waals surface area contributed by atoms with Gasteiger partial charge in [-0.25, -0.2) is 0 Å². The van der Waals surface area contributed by atoms with E-state index in [1.54, 1.807) is 27.7 Å². The van der Waals surface area contributed by atoms with Crippen LogP contribution in [-0.4, -0.2) is 36.9 Å². The highest BCUT2D eigenvalue weighted by Crippen LogP contribution is 2.30. The summed E-state index contributed by atoms with van der Waals surface area (Å²) in [4.78, 5) is 23.5. The van der Waals surface area contributed by atoms with E-state index < -0.39 is 29.9 Å². The lowest BCUT2D eigenvalue weighted by Gasteiger charge is -2.30. The topological polar surface area (TPSA) is 72.8 Å². The number of carbonyl (C=O) groups is 2. The highest BCUT2D eigenvalue weighted by Gasteiger charge is 2.51. The van der Waals surface area contributed by atoms with Gasteiger partial charge in [-0.1, -0.05) is 13.8 Å². The fourth-order valence-electron chi connectivity index (χ4n) is 1.39. The molecule has 0 aliphatic heterocycles. The summed E-state index contributed by atoms with van der Waals surface area (Å²) in [7, 11) is 0. The summed E-state index contributed by atoms with van der Waals surface area (Å²) in [6.07, 6.45) is 0. The number of hydrogen-bond acceptors (Lipinski definition) is 5. The molecule has 0 aromatic rings. The summed E-state index contributed by atoms with van der Waals surface area (Å²) < 4.78 is 9.65. The highest BCUT2D eigenvalue weighted by atomic mass is 16.6. The lowest BCUT2D eigenvalue weighted by molar-refractivity contribution is -0.179. The molecule has 0 fully saturated rings. The van der Waals surface area contributed by atoms with Gasteiger partial charge in [-0.3, -0.25) is 9.59 Å². The molecule has 0 unspecified atom stereocenters. The first-order chi connectivity index (χ1) is 7.47. The summed E-state index contributed by atoms with van der Waals surface area (Å²) in [5.74, 6) is -1.85. The van der Waals surface area contributed by atoms with Gasteiger partial charge < -0.3 is 14.6 Å². The van der Waals surface area contributed by atoms with E-state index in [4.69, 9.17) is 9.47 Å². The Morgan fingerprint density at radius 3 is 1.69 bits per heavy atom. The van der Waals surface area contributed by atoms with Crippen LogP contribution in [0.3, 0.4) is 0 Å². The third kappa shape index (κ3) is 2.72. The predicted octanol–water partition coefficient (Wildman–Crippen LogP) is 0.747. The molecule has 0 saturated carbocycles. The zero-order chi connectivity index (χ0) is 12.8. The third-order valence-corrected chi connectivity index (χ3v) is 2.51. The zero-order valence-corrected chi connectivity index (χ0v) is 10.3. The highest BCUT2D eigenvalue weighted by molar-refractivity contribution is 6.00. The Bertz CT molecular complexity index is 229. The molecule has 0 heterocycles. The van der Waals surface area contributed by atoms with Gasteiger partial charge in [-0.2, -0.15) is 0 Å². The Kier molecular flexibility index (Phi) is 6.03. The van der Waals surface area contributed by atoms with Gasteiger partial charge in [-0.05, 0) is 19.8 Å². The van der Waals surface area contributed by atoms with Crippen LogP contribution in [0.15, 0.2) is 0 Å². The van der Waals surface area contributed by atoms with Crippen molar-refractivity contribution in [1.82, 2.24) is 0 Å². The SMILES string of the molecule is CCOC(=O)C(CO)(C(=O)OCC)C(C)C. The molecule has 0 aromatic carbocycles. The van der Waals surface area contributed by atoms with Crippen LogP contribution in [0.1, 0.15) is 27.7 Å². The quantitative estimate of drug-likeness (QED) is 0.540. The van der Waals surface area contributed by atoms with E-state index in [2.05, 4.69) is 0 Å². The molecule has 0 rings (SSSR count). The molecule has 0 spiro atoms. The van der Waals surface area contributed by atoms with E-state index in [1.807, 2.05) is 0 Å². The minimum absolute atomic E-state index is 0.159. The minimum atomic E-state index is -1.61. The second-order valence-corrected chi connectivity index (χ2v) is 3.73. The lowest BCUT2D eigenvalue weighted by atomic mass is 9.78. The number of rotatable bonds is 6. The van der Waals surface area contributed by atoms with Crippen molar-refractivity contribution in [3.8, 4) is 0 Å². The average molecular weight is 232 g/mol. The Balaban J connectivity index is 5.14. The summed E-state index contributed by atoms with van der Waals surface area (Å²) in [6.45, 7) is 6.34. The first-order valence-electron chi connectivity index (χ1n) is 5.42. The van der Waals surface area contributed by atoms with Crippen molar-refractivity contribution in [2.45, 2.75) is 27.7 Å². The van der Waals surface area contributed by atoms with Crippen LogP contribution in [0, 0.1) is 11.3 Å². The van der Waals surface area contributed by atoms with E-state index in [1.165, 1.54) is 0 Å². The standard InChI is InChI=1S/C11H20O5/c1-5-15-9(13)11(7-12,8(3)4)10(14)16-6-2/h8,12H,5-7H2,1-4H3. The summed E-state index contributed by atoms with van der Waals surface area (Å²) in [6, 6.07) is 0. The second-order valence-electron chi connectivity index (χ2n) is 3.73. The fourth-order valence-corrected chi connectivity index (χ4v) is 1.39. The van der Waals surface area contributed by atoms with Crippen LogP contribution in [0.5, 0.6) is 0 Å². The van der Waals surface area contributed by atoms with Gasteiger partial charge >= 0.3 is 11.9 Å². The number of aliphatic hydroxyl groups excluding tert-OH is 1. The van der Waals surface area contributed by atoms with Crippen LogP contribution in [0.25, 0.3) is 0 Å². The first kappa shape index (κ1) is 14.9. The molecule has 0 bridgehead atoms. The zero-order valence-electron chi connectivity index (χ0n) is 10.3. The van der Waals surface area contributed by atoms with Gasteiger partial charge in [0.25, 0.3) is 0 Å². The maximum absolute atomic E-state index is 11.8. The molecule has 0 saturated heterocycles. The first-order valence-corrected chi connectivity index (χ1v) is 5.42. The van der Waals surface area contributed by atoms with Crippen molar-refractivity contribution in [1.29, 1.82) is 0 Å². The van der Waals surface area contributed by atoms with E-state index in [9.17, 15) is 14.7 Å². The van der Waals surface area contributed by atoms with E-state index in [0.717, 1.165) is 0 Å². The van der Waals surface area contributed by atoms with Crippen LogP contribution >= 0.6 is 0 Å². The Labute approximate surface area is 95.7 Å². The molecule has 1 N–H and O–H groups in total. The fraction of sp³-hybridized carbons (Fsp3) is 0.818. The minimum Gasteiger partial charge on any atom is -0.465 e. The number of hydrogen-bond donors (Lipinski definition) is 1. The Hall–Kier alpha value is -1.10. The van der Waals surface area contributed by atoms with Gasteiger partial charge in [0.15, 0.2) is 5.41 Å². The number of carbonyl (C=O) groups excluding carboxylic acids is 2. The second kappa shape index (κ2) is 6.48. The van der Waals surface area contributed by atoms with Crippen molar-refractivity contribution in [2.24, 2.45) is 11.3 Å². The van der Waals surface area contributed by atoms with Crippen molar-refractivity contribution in [3.63, 3.8) is 0 Å².